The Morgan fingerprint density at radius 2 is 2.18 bits per heavy atom. The monoisotopic (exact) mass is 234 g/mol. The van der Waals surface area contributed by atoms with E-state index in [2.05, 4.69) is 34.2 Å². The molecular formula is C13H22N4. The van der Waals surface area contributed by atoms with Gasteiger partial charge in [-0.1, -0.05) is 13.3 Å². The van der Waals surface area contributed by atoms with Crippen LogP contribution in [-0.2, 0) is 0 Å². The summed E-state index contributed by atoms with van der Waals surface area (Å²) in [6.45, 7) is 3.27. The van der Waals surface area contributed by atoms with E-state index in [1.54, 1.807) is 0 Å². The van der Waals surface area contributed by atoms with Crippen molar-refractivity contribution in [1.29, 1.82) is 0 Å². The van der Waals surface area contributed by atoms with E-state index in [9.17, 15) is 0 Å². The molecule has 17 heavy (non-hydrogen) atoms. The number of nitrogens with zero attached hydrogens (tertiary/aromatic N) is 3. The number of anilines is 2. The summed E-state index contributed by atoms with van der Waals surface area (Å²) in [6, 6.07) is 2.03. The molecule has 1 N–H and O–H groups in total. The van der Waals surface area contributed by atoms with Gasteiger partial charge in [0.25, 0.3) is 0 Å². The van der Waals surface area contributed by atoms with Crippen molar-refractivity contribution in [2.75, 3.05) is 30.9 Å². The van der Waals surface area contributed by atoms with Crippen LogP contribution < -0.4 is 10.2 Å². The average molecular weight is 234 g/mol. The SMILES string of the molecule is CCCCN(C)c1cc(NC)nc(C2CC2)n1. The van der Waals surface area contributed by atoms with Crippen LogP contribution in [-0.4, -0.2) is 30.6 Å². The summed E-state index contributed by atoms with van der Waals surface area (Å²) in [4.78, 5) is 11.4. The third-order valence-electron chi connectivity index (χ3n) is 3.17. The third-order valence-corrected chi connectivity index (χ3v) is 3.17. The van der Waals surface area contributed by atoms with Crippen LogP contribution in [0.15, 0.2) is 6.07 Å². The van der Waals surface area contributed by atoms with Gasteiger partial charge in [-0.3, -0.25) is 0 Å². The number of hydrogen-bond acceptors (Lipinski definition) is 4. The summed E-state index contributed by atoms with van der Waals surface area (Å²) < 4.78 is 0. The van der Waals surface area contributed by atoms with Gasteiger partial charge in [-0.15, -0.1) is 0 Å². The molecule has 1 fully saturated rings. The highest BCUT2D eigenvalue weighted by Gasteiger charge is 2.27. The van der Waals surface area contributed by atoms with Crippen molar-refractivity contribution in [2.45, 2.75) is 38.5 Å². The Kier molecular flexibility index (Phi) is 3.82. The zero-order chi connectivity index (χ0) is 12.3. The topological polar surface area (TPSA) is 41.0 Å². The molecule has 1 aliphatic rings. The second kappa shape index (κ2) is 5.34. The van der Waals surface area contributed by atoms with E-state index in [0.717, 1.165) is 24.0 Å². The van der Waals surface area contributed by atoms with Gasteiger partial charge in [0.05, 0.1) is 0 Å². The Hall–Kier alpha value is -1.32. The number of nitrogens with one attached hydrogen (secondary N) is 1. The van der Waals surface area contributed by atoms with E-state index in [0.29, 0.717) is 5.92 Å². The number of unbranched alkanes of at least 4 members (excludes halogenated alkanes) is 1. The van der Waals surface area contributed by atoms with Gasteiger partial charge in [-0.2, -0.15) is 0 Å². The van der Waals surface area contributed by atoms with E-state index in [1.807, 2.05) is 13.1 Å². The Labute approximate surface area is 103 Å². The van der Waals surface area contributed by atoms with Gasteiger partial charge in [-0.25, -0.2) is 9.97 Å². The highest BCUT2D eigenvalue weighted by atomic mass is 15.2. The average Bonchev–Trinajstić information content (AvgIpc) is 3.19. The maximum atomic E-state index is 4.67. The molecule has 4 heteroatoms. The Morgan fingerprint density at radius 1 is 1.41 bits per heavy atom. The van der Waals surface area contributed by atoms with Crippen molar-refractivity contribution in [2.24, 2.45) is 0 Å². The first-order valence-electron chi connectivity index (χ1n) is 6.52. The standard InChI is InChI=1S/C13H22N4/c1-4-5-8-17(3)12-9-11(14-2)15-13(16-12)10-6-7-10/h9-10H,4-8H2,1-3H3,(H,14,15,16). The van der Waals surface area contributed by atoms with Crippen molar-refractivity contribution in [3.63, 3.8) is 0 Å². The maximum Gasteiger partial charge on any atom is 0.136 e. The van der Waals surface area contributed by atoms with Gasteiger partial charge < -0.3 is 10.2 Å². The molecule has 0 amide bonds. The van der Waals surface area contributed by atoms with E-state index in [4.69, 9.17) is 0 Å². The molecule has 0 saturated heterocycles. The fourth-order valence-electron chi connectivity index (χ4n) is 1.81. The van der Waals surface area contributed by atoms with Crippen LogP contribution in [0.5, 0.6) is 0 Å². The summed E-state index contributed by atoms with van der Waals surface area (Å²) in [5, 5.41) is 3.12. The van der Waals surface area contributed by atoms with E-state index in [-0.39, 0.29) is 0 Å². The van der Waals surface area contributed by atoms with E-state index in [1.165, 1.54) is 25.7 Å². The van der Waals surface area contributed by atoms with Crippen LogP contribution >= 0.6 is 0 Å². The Morgan fingerprint density at radius 3 is 2.76 bits per heavy atom. The maximum absolute atomic E-state index is 4.67. The molecule has 0 aromatic carbocycles. The second-order valence-corrected chi connectivity index (χ2v) is 4.77. The molecule has 0 atom stereocenters. The first-order valence-corrected chi connectivity index (χ1v) is 6.52. The highest BCUT2D eigenvalue weighted by molar-refractivity contribution is 5.49. The molecule has 0 spiro atoms. The summed E-state index contributed by atoms with van der Waals surface area (Å²) in [7, 11) is 4.02. The zero-order valence-electron chi connectivity index (χ0n) is 11.0. The molecule has 1 saturated carbocycles. The van der Waals surface area contributed by atoms with Crippen LogP contribution in [0.1, 0.15) is 44.3 Å². The van der Waals surface area contributed by atoms with Crippen molar-refractivity contribution < 1.29 is 0 Å². The van der Waals surface area contributed by atoms with Crippen molar-refractivity contribution in [1.82, 2.24) is 9.97 Å². The summed E-state index contributed by atoms with van der Waals surface area (Å²) >= 11 is 0. The van der Waals surface area contributed by atoms with Crippen LogP contribution in [0.4, 0.5) is 11.6 Å². The predicted molar refractivity (Wildman–Crippen MR) is 71.7 cm³/mol. The number of rotatable bonds is 6. The van der Waals surface area contributed by atoms with Crippen LogP contribution in [0.25, 0.3) is 0 Å². The minimum Gasteiger partial charge on any atom is -0.373 e. The van der Waals surface area contributed by atoms with Gasteiger partial charge >= 0.3 is 0 Å². The van der Waals surface area contributed by atoms with Gasteiger partial charge in [0.15, 0.2) is 0 Å². The molecule has 1 heterocycles. The fourth-order valence-corrected chi connectivity index (χ4v) is 1.81. The molecular weight excluding hydrogens is 212 g/mol. The van der Waals surface area contributed by atoms with E-state index >= 15 is 0 Å². The van der Waals surface area contributed by atoms with E-state index < -0.39 is 0 Å². The van der Waals surface area contributed by atoms with Crippen LogP contribution in [0, 0.1) is 0 Å². The minimum absolute atomic E-state index is 0.599. The molecule has 0 aliphatic heterocycles. The van der Waals surface area contributed by atoms with Crippen LogP contribution in [0.3, 0.4) is 0 Å². The molecule has 0 bridgehead atoms. The summed E-state index contributed by atoms with van der Waals surface area (Å²) in [5.41, 5.74) is 0. The first kappa shape index (κ1) is 12.1. The molecule has 1 aromatic heterocycles. The summed E-state index contributed by atoms with van der Waals surface area (Å²) in [5.74, 6) is 3.58. The van der Waals surface area contributed by atoms with Crippen molar-refractivity contribution in [3.05, 3.63) is 11.9 Å². The third kappa shape index (κ3) is 3.08. The predicted octanol–water partition coefficient (Wildman–Crippen LogP) is 2.63. The molecule has 1 aliphatic carbocycles. The molecule has 0 radical (unpaired) electrons. The zero-order valence-corrected chi connectivity index (χ0v) is 11.0. The number of aromatic nitrogens is 2. The van der Waals surface area contributed by atoms with Gasteiger partial charge in [0.2, 0.25) is 0 Å². The first-order chi connectivity index (χ1) is 8.24. The summed E-state index contributed by atoms with van der Waals surface area (Å²) in [6.07, 6.45) is 4.90. The van der Waals surface area contributed by atoms with Gasteiger partial charge in [0, 0.05) is 32.6 Å². The lowest BCUT2D eigenvalue weighted by molar-refractivity contribution is 0.753. The van der Waals surface area contributed by atoms with Crippen molar-refractivity contribution in [3.8, 4) is 0 Å². The molecule has 0 unspecified atom stereocenters. The van der Waals surface area contributed by atoms with Gasteiger partial charge in [-0.05, 0) is 19.3 Å². The Balaban J connectivity index is 2.16. The fraction of sp³-hybridized carbons (Fsp3) is 0.692. The normalized spacial score (nSPS) is 14.8. The molecule has 2 rings (SSSR count). The molecule has 1 aromatic rings. The van der Waals surface area contributed by atoms with Crippen LogP contribution in [0.2, 0.25) is 0 Å². The Bertz CT molecular complexity index is 374. The quantitative estimate of drug-likeness (QED) is 0.821. The largest absolute Gasteiger partial charge is 0.373 e. The molecule has 4 nitrogen and oxygen atoms in total. The lowest BCUT2D eigenvalue weighted by Gasteiger charge is -2.19. The smallest absolute Gasteiger partial charge is 0.136 e. The van der Waals surface area contributed by atoms with Gasteiger partial charge in [0.1, 0.15) is 17.5 Å². The molecule has 94 valence electrons. The minimum atomic E-state index is 0.599. The number of hydrogen-bond donors (Lipinski definition) is 1. The lowest BCUT2D eigenvalue weighted by atomic mass is 10.3. The lowest BCUT2D eigenvalue weighted by Crippen LogP contribution is -2.20. The van der Waals surface area contributed by atoms with Crippen molar-refractivity contribution >= 4 is 11.6 Å². The second-order valence-electron chi connectivity index (χ2n) is 4.77. The highest BCUT2D eigenvalue weighted by Crippen LogP contribution is 2.39.